The maximum atomic E-state index is 12.6. The quantitative estimate of drug-likeness (QED) is 0.438. The summed E-state index contributed by atoms with van der Waals surface area (Å²) in [6.07, 6.45) is 2.16. The molecule has 0 bridgehead atoms. The van der Waals surface area contributed by atoms with E-state index >= 15 is 0 Å². The number of aromatic amines is 1. The van der Waals surface area contributed by atoms with E-state index in [1.165, 1.54) is 0 Å². The lowest BCUT2D eigenvalue weighted by molar-refractivity contribution is 0.101. The molecule has 2 aromatic carbocycles. The van der Waals surface area contributed by atoms with Crippen molar-refractivity contribution >= 4 is 23.3 Å². The molecule has 0 radical (unpaired) electrons. The zero-order chi connectivity index (χ0) is 21.6. The second kappa shape index (κ2) is 9.40. The van der Waals surface area contributed by atoms with Gasteiger partial charge >= 0.3 is 0 Å². The Kier molecular flexibility index (Phi) is 6.24. The van der Waals surface area contributed by atoms with Crippen LogP contribution in [0.25, 0.3) is 11.1 Å². The predicted molar refractivity (Wildman–Crippen MR) is 119 cm³/mol. The van der Waals surface area contributed by atoms with Crippen molar-refractivity contribution in [3.05, 3.63) is 89.1 Å². The van der Waals surface area contributed by atoms with Crippen LogP contribution in [0.2, 0.25) is 5.02 Å². The lowest BCUT2D eigenvalue weighted by Crippen LogP contribution is -2.14. The summed E-state index contributed by atoms with van der Waals surface area (Å²) in [5.74, 6) is 1.30. The Morgan fingerprint density at radius 1 is 1.13 bits per heavy atom. The van der Waals surface area contributed by atoms with Crippen molar-refractivity contribution in [2.45, 2.75) is 13.3 Å². The number of carbonyl (C=O) groups excluding carboxylic acids is 1. The number of amides is 1. The van der Waals surface area contributed by atoms with E-state index in [0.29, 0.717) is 29.7 Å². The van der Waals surface area contributed by atoms with Gasteiger partial charge in [0.2, 0.25) is 5.82 Å². The summed E-state index contributed by atoms with van der Waals surface area (Å²) in [4.78, 5) is 21.1. The summed E-state index contributed by atoms with van der Waals surface area (Å²) >= 11 is 6.37. The van der Waals surface area contributed by atoms with Crippen molar-refractivity contribution < 1.29 is 9.53 Å². The van der Waals surface area contributed by atoms with Crippen LogP contribution in [0.5, 0.6) is 5.75 Å². The van der Waals surface area contributed by atoms with E-state index in [1.54, 1.807) is 18.3 Å². The summed E-state index contributed by atoms with van der Waals surface area (Å²) in [6, 6.07) is 18.8. The van der Waals surface area contributed by atoms with Crippen LogP contribution in [0.15, 0.2) is 66.9 Å². The number of ether oxygens (including phenoxy) is 1. The molecule has 0 spiro atoms. The Morgan fingerprint density at radius 2 is 1.97 bits per heavy atom. The molecule has 4 aromatic rings. The molecule has 0 aliphatic rings. The molecule has 0 saturated heterocycles. The van der Waals surface area contributed by atoms with Crippen molar-refractivity contribution in [3.8, 4) is 16.9 Å². The molecule has 1 amide bonds. The number of hydrogen-bond acceptors (Lipinski definition) is 5. The number of pyridine rings is 1. The van der Waals surface area contributed by atoms with Gasteiger partial charge in [0.15, 0.2) is 0 Å². The van der Waals surface area contributed by atoms with Gasteiger partial charge in [-0.2, -0.15) is 0 Å². The Labute approximate surface area is 184 Å². The molecule has 2 N–H and O–H groups in total. The van der Waals surface area contributed by atoms with E-state index in [2.05, 4.69) is 25.5 Å². The molecule has 0 saturated carbocycles. The lowest BCUT2D eigenvalue weighted by Gasteiger charge is -2.10. The summed E-state index contributed by atoms with van der Waals surface area (Å²) in [6.45, 7) is 2.48. The number of aromatic nitrogens is 4. The Bertz CT molecular complexity index is 1190. The molecule has 2 heterocycles. The van der Waals surface area contributed by atoms with Crippen molar-refractivity contribution in [3.63, 3.8) is 0 Å². The van der Waals surface area contributed by atoms with Gasteiger partial charge in [0.05, 0.1) is 6.61 Å². The normalized spacial score (nSPS) is 10.6. The number of anilines is 1. The molecule has 0 aliphatic heterocycles. The van der Waals surface area contributed by atoms with Crippen molar-refractivity contribution in [2.75, 3.05) is 11.9 Å². The summed E-state index contributed by atoms with van der Waals surface area (Å²) in [7, 11) is 0. The van der Waals surface area contributed by atoms with Crippen LogP contribution < -0.4 is 10.1 Å². The topological polar surface area (TPSA) is 92.8 Å². The summed E-state index contributed by atoms with van der Waals surface area (Å²) < 4.78 is 5.56. The van der Waals surface area contributed by atoms with E-state index in [9.17, 15) is 4.79 Å². The van der Waals surface area contributed by atoms with Crippen LogP contribution in [0.1, 0.15) is 28.9 Å². The van der Waals surface area contributed by atoms with Gasteiger partial charge in [0, 0.05) is 23.2 Å². The van der Waals surface area contributed by atoms with Gasteiger partial charge < -0.3 is 10.1 Å². The molecule has 4 rings (SSSR count). The summed E-state index contributed by atoms with van der Waals surface area (Å²) in [5, 5.41) is 10.1. The van der Waals surface area contributed by atoms with Gasteiger partial charge in [-0.3, -0.25) is 9.89 Å². The Morgan fingerprint density at radius 3 is 2.77 bits per heavy atom. The smallest absolute Gasteiger partial charge is 0.296 e. The van der Waals surface area contributed by atoms with Crippen molar-refractivity contribution in [2.24, 2.45) is 0 Å². The van der Waals surface area contributed by atoms with Gasteiger partial charge in [-0.05, 0) is 48.4 Å². The second-order valence-corrected chi connectivity index (χ2v) is 7.13. The van der Waals surface area contributed by atoms with E-state index in [4.69, 9.17) is 16.3 Å². The SMILES string of the molecule is CCOc1ccc(Cl)c(-c2ccnc(NC(=O)c3n[nH]c(Cc4ccccc4)n3)c2)c1. The van der Waals surface area contributed by atoms with Crippen molar-refractivity contribution in [1.82, 2.24) is 20.2 Å². The van der Waals surface area contributed by atoms with Crippen molar-refractivity contribution in [1.29, 1.82) is 0 Å². The second-order valence-electron chi connectivity index (χ2n) is 6.73. The lowest BCUT2D eigenvalue weighted by atomic mass is 10.1. The first-order valence-electron chi connectivity index (χ1n) is 9.77. The van der Waals surface area contributed by atoms with E-state index < -0.39 is 5.91 Å². The van der Waals surface area contributed by atoms with Crippen LogP contribution in [0.3, 0.4) is 0 Å². The first-order valence-corrected chi connectivity index (χ1v) is 10.2. The maximum absolute atomic E-state index is 12.6. The molecule has 0 aliphatic carbocycles. The van der Waals surface area contributed by atoms with Crippen LogP contribution >= 0.6 is 11.6 Å². The van der Waals surface area contributed by atoms with Gasteiger partial charge in [-0.15, -0.1) is 5.10 Å². The number of nitrogens with one attached hydrogen (secondary N) is 2. The minimum absolute atomic E-state index is 0.0505. The van der Waals surface area contributed by atoms with E-state index in [-0.39, 0.29) is 5.82 Å². The molecule has 2 aromatic heterocycles. The van der Waals surface area contributed by atoms with E-state index in [1.807, 2.05) is 55.5 Å². The molecule has 0 unspecified atom stereocenters. The van der Waals surface area contributed by atoms with Crippen LogP contribution in [0, 0.1) is 0 Å². The highest BCUT2D eigenvalue weighted by atomic mass is 35.5. The first kappa shape index (κ1) is 20.6. The molecular weight excluding hydrogens is 414 g/mol. The predicted octanol–water partition coefficient (Wildman–Crippen LogP) is 4.76. The fourth-order valence-corrected chi connectivity index (χ4v) is 3.31. The van der Waals surface area contributed by atoms with Crippen LogP contribution in [0.4, 0.5) is 5.82 Å². The molecular formula is C23H20ClN5O2. The Balaban J connectivity index is 1.49. The minimum Gasteiger partial charge on any atom is -0.494 e. The highest BCUT2D eigenvalue weighted by Gasteiger charge is 2.15. The van der Waals surface area contributed by atoms with E-state index in [0.717, 1.165) is 22.4 Å². The molecule has 31 heavy (non-hydrogen) atoms. The number of rotatable bonds is 7. The highest BCUT2D eigenvalue weighted by molar-refractivity contribution is 6.33. The standard InChI is InChI=1S/C23H20ClN5O2/c1-2-31-17-8-9-19(24)18(14-17)16-10-11-25-20(13-16)27-23(30)22-26-21(28-29-22)12-15-6-4-3-5-7-15/h3-11,13-14H,2,12H2,1H3,(H,25,27,30)(H,26,28,29). The zero-order valence-corrected chi connectivity index (χ0v) is 17.6. The molecule has 0 atom stereocenters. The number of H-pyrrole nitrogens is 1. The largest absolute Gasteiger partial charge is 0.494 e. The van der Waals surface area contributed by atoms with Gasteiger partial charge in [0.1, 0.15) is 17.4 Å². The van der Waals surface area contributed by atoms with Crippen LogP contribution in [-0.4, -0.2) is 32.7 Å². The average Bonchev–Trinajstić information content (AvgIpc) is 3.25. The Hall–Kier alpha value is -3.71. The number of carbonyl (C=O) groups is 1. The zero-order valence-electron chi connectivity index (χ0n) is 16.8. The third kappa shape index (κ3) is 5.07. The number of benzene rings is 2. The molecule has 156 valence electrons. The fourth-order valence-electron chi connectivity index (χ4n) is 3.09. The number of hydrogen-bond donors (Lipinski definition) is 2. The third-order valence-corrected chi connectivity index (χ3v) is 4.84. The fraction of sp³-hybridized carbons (Fsp3) is 0.130. The molecule has 7 nitrogen and oxygen atoms in total. The summed E-state index contributed by atoms with van der Waals surface area (Å²) in [5.41, 5.74) is 2.66. The number of nitrogens with zero attached hydrogens (tertiary/aromatic N) is 3. The molecule has 0 fully saturated rings. The average molecular weight is 434 g/mol. The first-order chi connectivity index (χ1) is 15.1. The van der Waals surface area contributed by atoms with Gasteiger partial charge in [-0.25, -0.2) is 9.97 Å². The maximum Gasteiger partial charge on any atom is 0.296 e. The van der Waals surface area contributed by atoms with Gasteiger partial charge in [0.25, 0.3) is 5.91 Å². The highest BCUT2D eigenvalue weighted by Crippen LogP contribution is 2.32. The third-order valence-electron chi connectivity index (χ3n) is 4.51. The van der Waals surface area contributed by atoms with Gasteiger partial charge in [-0.1, -0.05) is 41.9 Å². The minimum atomic E-state index is -0.450. The van der Waals surface area contributed by atoms with Crippen LogP contribution in [-0.2, 0) is 6.42 Å². The molecule has 8 heteroatoms. The number of halogens is 1. The monoisotopic (exact) mass is 433 g/mol.